The number of benzene rings is 1. The fraction of sp³-hybridized carbons (Fsp3) is 0.407. The van der Waals surface area contributed by atoms with Crippen LogP contribution in [0.15, 0.2) is 30.5 Å². The second kappa shape index (κ2) is 8.52. The summed E-state index contributed by atoms with van der Waals surface area (Å²) in [6, 6.07) is 10.1. The third kappa shape index (κ3) is 3.61. The smallest absolute Gasteiger partial charge is 0.233 e. The lowest BCUT2D eigenvalue weighted by molar-refractivity contribution is -0.141. The van der Waals surface area contributed by atoms with Crippen molar-refractivity contribution in [3.63, 3.8) is 0 Å². The first-order valence-corrected chi connectivity index (χ1v) is 13.4. The fourth-order valence-electron chi connectivity index (χ4n) is 6.03. The SMILES string of the molecule is N#Cc1cc2c(c(-c3ccnc4cc(CN5C(=O)C6CC6C5=O)sc34)c1)N([C@@H]1CN[C@@H](CO)C1)CCO2. The number of thiophene rings is 1. The number of hydrogen-bond acceptors (Lipinski definition) is 9. The summed E-state index contributed by atoms with van der Waals surface area (Å²) in [6.45, 7) is 2.37. The molecule has 1 saturated carbocycles. The minimum atomic E-state index is -0.114. The molecule has 37 heavy (non-hydrogen) atoms. The fourth-order valence-corrected chi connectivity index (χ4v) is 7.16. The van der Waals surface area contributed by atoms with Crippen LogP contribution in [-0.2, 0) is 16.1 Å². The molecule has 4 aliphatic rings. The Morgan fingerprint density at radius 1 is 1.19 bits per heavy atom. The molecule has 9 nitrogen and oxygen atoms in total. The molecule has 2 amide bonds. The summed E-state index contributed by atoms with van der Waals surface area (Å²) in [6.07, 6.45) is 3.28. The van der Waals surface area contributed by atoms with Crippen LogP contribution in [0.3, 0.4) is 0 Å². The van der Waals surface area contributed by atoms with Crippen LogP contribution < -0.4 is 15.0 Å². The quantitative estimate of drug-likeness (QED) is 0.497. The summed E-state index contributed by atoms with van der Waals surface area (Å²) >= 11 is 1.53. The van der Waals surface area contributed by atoms with Gasteiger partial charge in [0.1, 0.15) is 12.4 Å². The van der Waals surface area contributed by atoms with Gasteiger partial charge in [-0.1, -0.05) is 0 Å². The Morgan fingerprint density at radius 3 is 2.78 bits per heavy atom. The van der Waals surface area contributed by atoms with Gasteiger partial charge in [0.15, 0.2) is 0 Å². The van der Waals surface area contributed by atoms with E-state index in [4.69, 9.17) is 4.74 Å². The molecular formula is C27H25N5O4S. The van der Waals surface area contributed by atoms with Gasteiger partial charge in [-0.15, -0.1) is 11.3 Å². The number of nitrogens with zero attached hydrogens (tertiary/aromatic N) is 4. The van der Waals surface area contributed by atoms with E-state index >= 15 is 0 Å². The van der Waals surface area contributed by atoms with E-state index in [0.29, 0.717) is 30.9 Å². The number of rotatable bonds is 5. The van der Waals surface area contributed by atoms with Gasteiger partial charge in [-0.3, -0.25) is 19.5 Å². The topological polar surface area (TPSA) is 119 Å². The second-order valence-corrected chi connectivity index (χ2v) is 11.3. The number of carbonyl (C=O) groups is 2. The number of piperidine rings is 1. The zero-order chi connectivity index (χ0) is 25.3. The molecule has 5 heterocycles. The molecule has 2 N–H and O–H groups in total. The third-order valence-corrected chi connectivity index (χ3v) is 9.11. The molecule has 2 aromatic heterocycles. The van der Waals surface area contributed by atoms with Crippen molar-refractivity contribution in [1.82, 2.24) is 15.2 Å². The number of nitrogens with one attached hydrogen (secondary N) is 1. The molecule has 7 rings (SSSR count). The lowest BCUT2D eigenvalue weighted by Gasteiger charge is -2.37. The van der Waals surface area contributed by atoms with Gasteiger partial charge in [0.2, 0.25) is 11.8 Å². The molecular weight excluding hydrogens is 490 g/mol. The number of amides is 2. The number of nitriles is 1. The minimum Gasteiger partial charge on any atom is -0.489 e. The molecule has 4 atom stereocenters. The number of imide groups is 1. The van der Waals surface area contributed by atoms with Crippen molar-refractivity contribution >= 4 is 39.1 Å². The van der Waals surface area contributed by atoms with Gasteiger partial charge in [0.05, 0.1) is 59.1 Å². The summed E-state index contributed by atoms with van der Waals surface area (Å²) in [7, 11) is 0. The third-order valence-electron chi connectivity index (χ3n) is 7.96. The monoisotopic (exact) mass is 515 g/mol. The van der Waals surface area contributed by atoms with Crippen LogP contribution in [0.4, 0.5) is 5.69 Å². The number of aliphatic hydroxyl groups is 1. The Kier molecular flexibility index (Phi) is 5.22. The van der Waals surface area contributed by atoms with Crippen molar-refractivity contribution in [2.75, 3.05) is 31.2 Å². The highest BCUT2D eigenvalue weighted by atomic mass is 32.1. The lowest BCUT2D eigenvalue weighted by Crippen LogP contribution is -2.42. The van der Waals surface area contributed by atoms with Gasteiger partial charge in [0.25, 0.3) is 0 Å². The highest BCUT2D eigenvalue weighted by Crippen LogP contribution is 2.49. The van der Waals surface area contributed by atoms with E-state index in [9.17, 15) is 20.0 Å². The second-order valence-electron chi connectivity index (χ2n) is 10.2. The van der Waals surface area contributed by atoms with Crippen molar-refractivity contribution in [3.8, 4) is 22.9 Å². The summed E-state index contributed by atoms with van der Waals surface area (Å²) in [5, 5.41) is 22.8. The largest absolute Gasteiger partial charge is 0.489 e. The molecule has 3 aliphatic heterocycles. The molecule has 1 aromatic carbocycles. The number of aliphatic hydroxyl groups excluding tert-OH is 1. The predicted octanol–water partition coefficient (Wildman–Crippen LogP) is 2.26. The van der Waals surface area contributed by atoms with Gasteiger partial charge >= 0.3 is 0 Å². The predicted molar refractivity (Wildman–Crippen MR) is 137 cm³/mol. The Labute approximate surface area is 217 Å². The zero-order valence-corrected chi connectivity index (χ0v) is 20.8. The van der Waals surface area contributed by atoms with E-state index in [1.165, 1.54) is 16.2 Å². The number of anilines is 1. The molecule has 3 aromatic rings. The van der Waals surface area contributed by atoms with E-state index < -0.39 is 0 Å². The molecule has 1 aliphatic carbocycles. The molecule has 3 fully saturated rings. The Morgan fingerprint density at radius 2 is 2.03 bits per heavy atom. The molecule has 2 unspecified atom stereocenters. The summed E-state index contributed by atoms with van der Waals surface area (Å²) in [5.74, 6) is 0.336. The van der Waals surface area contributed by atoms with E-state index in [1.54, 1.807) is 12.3 Å². The summed E-state index contributed by atoms with van der Waals surface area (Å²) in [5.41, 5.74) is 4.10. The van der Waals surface area contributed by atoms with Crippen molar-refractivity contribution < 1.29 is 19.4 Å². The van der Waals surface area contributed by atoms with Gasteiger partial charge in [-0.25, -0.2) is 0 Å². The molecule has 10 heteroatoms. The van der Waals surface area contributed by atoms with Crippen LogP contribution in [-0.4, -0.2) is 65.2 Å². The van der Waals surface area contributed by atoms with Crippen LogP contribution >= 0.6 is 11.3 Å². The van der Waals surface area contributed by atoms with Gasteiger partial charge in [-0.05, 0) is 31.0 Å². The normalized spacial score (nSPS) is 26.3. The first-order valence-electron chi connectivity index (χ1n) is 12.6. The first-order chi connectivity index (χ1) is 18.1. The standard InChI is InChI=1S/C27H25N5O4S/c28-10-14-5-19(24-23(6-14)36-4-3-31(24)16-7-15(13-33)30-11-16)18-1-2-29-22-8-17(37-25(18)22)12-32-26(34)20-9-21(20)27(32)35/h1-2,5-6,8,15-16,20-21,30,33H,3-4,7,9,11-13H2/t15-,16+,20?,21?/m1/s1. The van der Waals surface area contributed by atoms with E-state index in [-0.39, 0.29) is 48.9 Å². The number of hydrogen-bond donors (Lipinski definition) is 2. The molecule has 0 bridgehead atoms. The van der Waals surface area contributed by atoms with E-state index in [0.717, 1.165) is 44.9 Å². The van der Waals surface area contributed by atoms with Crippen molar-refractivity contribution in [2.24, 2.45) is 11.8 Å². The zero-order valence-electron chi connectivity index (χ0n) is 20.0. The maximum atomic E-state index is 12.5. The van der Waals surface area contributed by atoms with Crippen LogP contribution in [0.2, 0.25) is 0 Å². The number of fused-ring (bicyclic) bond motifs is 3. The summed E-state index contributed by atoms with van der Waals surface area (Å²) in [4.78, 5) is 34.3. The van der Waals surface area contributed by atoms with Crippen molar-refractivity contribution in [1.29, 1.82) is 5.26 Å². The Bertz CT molecular complexity index is 1480. The van der Waals surface area contributed by atoms with Gasteiger partial charge in [0, 0.05) is 46.9 Å². The molecule has 2 saturated heterocycles. The lowest BCUT2D eigenvalue weighted by atomic mass is 9.97. The van der Waals surface area contributed by atoms with Crippen LogP contribution in [0, 0.1) is 23.2 Å². The number of aromatic nitrogens is 1. The number of carbonyl (C=O) groups excluding carboxylic acids is 2. The average molecular weight is 516 g/mol. The molecule has 0 radical (unpaired) electrons. The summed E-state index contributed by atoms with van der Waals surface area (Å²) < 4.78 is 7.00. The van der Waals surface area contributed by atoms with E-state index in [1.807, 2.05) is 18.2 Å². The van der Waals surface area contributed by atoms with Crippen LogP contribution in [0.5, 0.6) is 5.75 Å². The minimum absolute atomic E-state index is 0.0597. The Hall–Kier alpha value is -3.52. The molecule has 0 spiro atoms. The molecule has 188 valence electrons. The maximum Gasteiger partial charge on any atom is 0.233 e. The van der Waals surface area contributed by atoms with Crippen molar-refractivity contribution in [3.05, 3.63) is 40.9 Å². The average Bonchev–Trinajstić information content (AvgIpc) is 3.28. The maximum absolute atomic E-state index is 12.5. The van der Waals surface area contributed by atoms with E-state index in [2.05, 4.69) is 21.3 Å². The Balaban J connectivity index is 1.31. The number of ether oxygens (including phenoxy) is 1. The first kappa shape index (κ1) is 22.7. The number of pyridine rings is 1. The van der Waals surface area contributed by atoms with Crippen molar-refractivity contribution in [2.45, 2.75) is 31.5 Å². The van der Waals surface area contributed by atoms with Gasteiger partial charge < -0.3 is 20.1 Å². The highest BCUT2D eigenvalue weighted by molar-refractivity contribution is 7.19. The number of likely N-dealkylation sites (tertiary alicyclic amines) is 1. The van der Waals surface area contributed by atoms with Crippen LogP contribution in [0.1, 0.15) is 23.3 Å². The van der Waals surface area contributed by atoms with Crippen LogP contribution in [0.25, 0.3) is 21.3 Å². The highest BCUT2D eigenvalue weighted by Gasteiger charge is 2.58. The van der Waals surface area contributed by atoms with Gasteiger partial charge in [-0.2, -0.15) is 5.26 Å².